The molecule has 0 atom stereocenters. The highest BCUT2D eigenvalue weighted by atomic mass is 32.2. The Hall–Kier alpha value is -2.38. The third kappa shape index (κ3) is 5.39. The molecule has 0 saturated carbocycles. The van der Waals surface area contributed by atoms with Crippen molar-refractivity contribution in [2.45, 2.75) is 11.8 Å². The molecule has 0 bridgehead atoms. The number of carbonyl (C=O) groups excluding carboxylic acids is 1. The third-order valence-electron chi connectivity index (χ3n) is 2.87. The molecule has 0 spiro atoms. The second-order valence-corrected chi connectivity index (χ2v) is 6.54. The van der Waals surface area contributed by atoms with E-state index >= 15 is 0 Å². The van der Waals surface area contributed by atoms with Crippen molar-refractivity contribution in [2.75, 3.05) is 18.5 Å². The predicted molar refractivity (Wildman–Crippen MR) is 87.9 cm³/mol. The minimum atomic E-state index is -3.53. The Morgan fingerprint density at radius 2 is 1.83 bits per heavy atom. The van der Waals surface area contributed by atoms with Crippen molar-refractivity contribution in [1.29, 1.82) is 0 Å². The van der Waals surface area contributed by atoms with Gasteiger partial charge in [-0.25, -0.2) is 13.1 Å². The first-order valence-electron chi connectivity index (χ1n) is 7.02. The molecule has 2 aromatic carbocycles. The number of nitrogens with one attached hydrogen (secondary N) is 2. The summed E-state index contributed by atoms with van der Waals surface area (Å²) in [6.45, 7) is 1.74. The zero-order valence-electron chi connectivity index (χ0n) is 12.7. The average molecular weight is 334 g/mol. The molecule has 0 saturated heterocycles. The van der Waals surface area contributed by atoms with Crippen LogP contribution in [0.4, 0.5) is 5.69 Å². The highest BCUT2D eigenvalue weighted by Crippen LogP contribution is 2.17. The lowest BCUT2D eigenvalue weighted by Crippen LogP contribution is -2.28. The van der Waals surface area contributed by atoms with Crippen LogP contribution in [0.1, 0.15) is 6.92 Å². The summed E-state index contributed by atoms with van der Waals surface area (Å²) in [4.78, 5) is 11.2. The van der Waals surface area contributed by atoms with E-state index in [4.69, 9.17) is 4.74 Å². The van der Waals surface area contributed by atoms with E-state index in [1.807, 2.05) is 0 Å². The summed E-state index contributed by atoms with van der Waals surface area (Å²) in [6, 6.07) is 15.0. The van der Waals surface area contributed by atoms with Crippen molar-refractivity contribution in [3.05, 3.63) is 54.6 Å². The number of anilines is 1. The van der Waals surface area contributed by atoms with E-state index in [1.165, 1.54) is 19.1 Å². The van der Waals surface area contributed by atoms with Crippen molar-refractivity contribution in [1.82, 2.24) is 4.72 Å². The number of ether oxygens (including phenoxy) is 1. The first-order valence-corrected chi connectivity index (χ1v) is 8.51. The monoisotopic (exact) mass is 334 g/mol. The van der Waals surface area contributed by atoms with E-state index < -0.39 is 10.0 Å². The Labute approximate surface area is 135 Å². The van der Waals surface area contributed by atoms with Crippen molar-refractivity contribution < 1.29 is 17.9 Å². The first kappa shape index (κ1) is 17.0. The van der Waals surface area contributed by atoms with Crippen molar-refractivity contribution in [3.8, 4) is 5.75 Å². The summed E-state index contributed by atoms with van der Waals surface area (Å²) in [6.07, 6.45) is 0. The maximum absolute atomic E-state index is 12.0. The van der Waals surface area contributed by atoms with Crippen LogP contribution >= 0.6 is 0 Å². The maximum atomic E-state index is 12.0. The number of carbonyl (C=O) groups is 1. The normalized spacial score (nSPS) is 11.0. The summed E-state index contributed by atoms with van der Waals surface area (Å²) in [5, 5.41) is 2.65. The van der Waals surface area contributed by atoms with Gasteiger partial charge in [0.2, 0.25) is 15.9 Å². The smallest absolute Gasteiger partial charge is 0.240 e. The first-order chi connectivity index (χ1) is 11.0. The summed E-state index contributed by atoms with van der Waals surface area (Å²) < 4.78 is 32.0. The lowest BCUT2D eigenvalue weighted by molar-refractivity contribution is -0.114. The molecule has 0 unspecified atom stereocenters. The number of benzene rings is 2. The highest BCUT2D eigenvalue weighted by molar-refractivity contribution is 7.89. The van der Waals surface area contributed by atoms with Gasteiger partial charge in [-0.3, -0.25) is 4.79 Å². The van der Waals surface area contributed by atoms with Gasteiger partial charge in [-0.1, -0.05) is 24.3 Å². The third-order valence-corrected chi connectivity index (χ3v) is 4.35. The Kier molecular flexibility index (Phi) is 5.72. The van der Waals surface area contributed by atoms with Crippen LogP contribution < -0.4 is 14.8 Å². The molecule has 2 N–H and O–H groups in total. The molecule has 7 heteroatoms. The van der Waals surface area contributed by atoms with Crippen LogP contribution in [0.25, 0.3) is 0 Å². The summed E-state index contributed by atoms with van der Waals surface area (Å²) in [7, 11) is -3.53. The lowest BCUT2D eigenvalue weighted by Gasteiger charge is -2.10. The SMILES string of the molecule is CC(=O)Nc1cccc(OCCNS(=O)(=O)c2ccccc2)c1. The zero-order chi connectivity index (χ0) is 16.7. The number of hydrogen-bond donors (Lipinski definition) is 2. The largest absolute Gasteiger partial charge is 0.492 e. The van der Waals surface area contributed by atoms with E-state index in [1.54, 1.807) is 42.5 Å². The Morgan fingerprint density at radius 3 is 2.52 bits per heavy atom. The van der Waals surface area contributed by atoms with E-state index in [9.17, 15) is 13.2 Å². The maximum Gasteiger partial charge on any atom is 0.240 e. The molecule has 23 heavy (non-hydrogen) atoms. The Balaban J connectivity index is 1.85. The lowest BCUT2D eigenvalue weighted by atomic mass is 10.3. The molecule has 0 heterocycles. The molecule has 0 radical (unpaired) electrons. The second kappa shape index (κ2) is 7.75. The van der Waals surface area contributed by atoms with Crippen LogP contribution in [0.3, 0.4) is 0 Å². The molecular weight excluding hydrogens is 316 g/mol. The molecule has 0 fully saturated rings. The zero-order valence-corrected chi connectivity index (χ0v) is 13.5. The van der Waals surface area contributed by atoms with Gasteiger partial charge in [-0.15, -0.1) is 0 Å². The second-order valence-electron chi connectivity index (χ2n) is 4.77. The molecule has 1 amide bonds. The number of sulfonamides is 1. The fourth-order valence-corrected chi connectivity index (χ4v) is 2.93. The molecule has 0 aliphatic rings. The van der Waals surface area contributed by atoms with Gasteiger partial charge < -0.3 is 10.1 Å². The predicted octanol–water partition coefficient (Wildman–Crippen LogP) is 2.00. The van der Waals surface area contributed by atoms with Gasteiger partial charge in [-0.05, 0) is 24.3 Å². The number of rotatable bonds is 7. The molecule has 6 nitrogen and oxygen atoms in total. The average Bonchev–Trinajstić information content (AvgIpc) is 2.52. The fourth-order valence-electron chi connectivity index (χ4n) is 1.89. The van der Waals surface area contributed by atoms with Crippen LogP contribution in [-0.2, 0) is 14.8 Å². The van der Waals surface area contributed by atoms with Crippen LogP contribution in [0.2, 0.25) is 0 Å². The number of hydrogen-bond acceptors (Lipinski definition) is 4. The van der Waals surface area contributed by atoms with Gasteiger partial charge in [0, 0.05) is 25.2 Å². The molecule has 0 aliphatic heterocycles. The summed E-state index contributed by atoms with van der Waals surface area (Å²) in [5.41, 5.74) is 0.625. The summed E-state index contributed by atoms with van der Waals surface area (Å²) >= 11 is 0. The molecular formula is C16H18N2O4S. The molecule has 0 aliphatic carbocycles. The van der Waals surface area contributed by atoms with Gasteiger partial charge in [0.1, 0.15) is 12.4 Å². The van der Waals surface area contributed by atoms with Gasteiger partial charge >= 0.3 is 0 Å². The van der Waals surface area contributed by atoms with E-state index in [-0.39, 0.29) is 24.0 Å². The summed E-state index contributed by atoms with van der Waals surface area (Å²) in [5.74, 6) is 0.382. The van der Waals surface area contributed by atoms with Crippen molar-refractivity contribution >= 4 is 21.6 Å². The molecule has 2 rings (SSSR count). The highest BCUT2D eigenvalue weighted by Gasteiger charge is 2.12. The van der Waals surface area contributed by atoms with E-state index in [0.29, 0.717) is 11.4 Å². The number of amides is 1. The fraction of sp³-hybridized carbons (Fsp3) is 0.188. The molecule has 2 aromatic rings. The minimum Gasteiger partial charge on any atom is -0.492 e. The van der Waals surface area contributed by atoms with E-state index in [0.717, 1.165) is 0 Å². The topological polar surface area (TPSA) is 84.5 Å². The van der Waals surface area contributed by atoms with Gasteiger partial charge in [0.05, 0.1) is 4.90 Å². The van der Waals surface area contributed by atoms with Crippen LogP contribution in [0.5, 0.6) is 5.75 Å². The van der Waals surface area contributed by atoms with Crippen molar-refractivity contribution in [2.24, 2.45) is 0 Å². The van der Waals surface area contributed by atoms with Gasteiger partial charge in [-0.2, -0.15) is 0 Å². The molecule has 0 aromatic heterocycles. The quantitative estimate of drug-likeness (QED) is 0.759. The van der Waals surface area contributed by atoms with Crippen LogP contribution in [-0.4, -0.2) is 27.5 Å². The van der Waals surface area contributed by atoms with Crippen LogP contribution in [0.15, 0.2) is 59.5 Å². The van der Waals surface area contributed by atoms with Gasteiger partial charge in [0.15, 0.2) is 0 Å². The molecule has 122 valence electrons. The Bertz CT molecular complexity index is 761. The standard InChI is InChI=1S/C16H18N2O4S/c1-13(19)18-14-6-5-7-15(12-14)22-11-10-17-23(20,21)16-8-3-2-4-9-16/h2-9,12,17H,10-11H2,1H3,(H,18,19). The Morgan fingerprint density at radius 1 is 1.09 bits per heavy atom. The van der Waals surface area contributed by atoms with Crippen LogP contribution in [0, 0.1) is 0 Å². The van der Waals surface area contributed by atoms with Crippen molar-refractivity contribution in [3.63, 3.8) is 0 Å². The van der Waals surface area contributed by atoms with E-state index in [2.05, 4.69) is 10.0 Å². The minimum absolute atomic E-state index is 0.140. The van der Waals surface area contributed by atoms with Gasteiger partial charge in [0.25, 0.3) is 0 Å².